The van der Waals surface area contributed by atoms with E-state index in [9.17, 15) is 22.8 Å². The monoisotopic (exact) mass is 572 g/mol. The van der Waals surface area contributed by atoms with Gasteiger partial charge in [-0.3, -0.25) is 14.0 Å². The molecule has 218 valence electrons. The van der Waals surface area contributed by atoms with Gasteiger partial charge in [0.25, 0.3) is 5.91 Å². The second kappa shape index (κ2) is 11.3. The van der Waals surface area contributed by atoms with Crippen molar-refractivity contribution in [2.45, 2.75) is 65.3 Å². The summed E-state index contributed by atoms with van der Waals surface area (Å²) in [5.74, 6) is -1.88. The topological polar surface area (TPSA) is 138 Å². The van der Waals surface area contributed by atoms with E-state index in [0.717, 1.165) is 18.1 Å². The fourth-order valence-electron chi connectivity index (χ4n) is 3.96. The van der Waals surface area contributed by atoms with Crippen LogP contribution in [-0.4, -0.2) is 49.2 Å². The van der Waals surface area contributed by atoms with E-state index in [1.54, 1.807) is 42.6 Å². The Morgan fingerprint density at radius 2 is 1.90 bits per heavy atom. The molecule has 4 aromatic rings. The van der Waals surface area contributed by atoms with Crippen molar-refractivity contribution in [3.05, 3.63) is 65.4 Å². The number of halogens is 3. The van der Waals surface area contributed by atoms with Gasteiger partial charge in [0.15, 0.2) is 0 Å². The molecular formula is C28H31F3N6O4. The number of ether oxygens (including phenoxy) is 1. The van der Waals surface area contributed by atoms with Crippen LogP contribution in [-0.2, 0) is 16.0 Å². The van der Waals surface area contributed by atoms with Gasteiger partial charge in [-0.2, -0.15) is 18.2 Å². The first-order valence-electron chi connectivity index (χ1n) is 12.9. The quantitative estimate of drug-likeness (QED) is 0.266. The number of benzene rings is 1. The van der Waals surface area contributed by atoms with E-state index >= 15 is 0 Å². The number of esters is 1. The number of nitrogens with one attached hydrogen (secondary N) is 1. The third-order valence-corrected chi connectivity index (χ3v) is 6.85. The van der Waals surface area contributed by atoms with Gasteiger partial charge in [0.1, 0.15) is 17.4 Å². The number of aryl methyl sites for hydroxylation is 3. The Balaban J connectivity index is 1.49. The molecule has 0 unspecified atom stereocenters. The van der Waals surface area contributed by atoms with Crippen LogP contribution >= 0.6 is 0 Å². The Kier molecular flexibility index (Phi) is 8.20. The van der Waals surface area contributed by atoms with Crippen molar-refractivity contribution in [3.8, 4) is 11.4 Å². The minimum absolute atomic E-state index is 0.0770. The van der Waals surface area contributed by atoms with Crippen LogP contribution in [0.2, 0.25) is 0 Å². The van der Waals surface area contributed by atoms with Gasteiger partial charge in [-0.1, -0.05) is 31.1 Å². The van der Waals surface area contributed by atoms with Crippen molar-refractivity contribution in [2.24, 2.45) is 11.7 Å². The number of amides is 1. The van der Waals surface area contributed by atoms with E-state index in [4.69, 9.17) is 15.0 Å². The number of nitrogens with two attached hydrogens (primary N) is 1. The molecule has 2 atom stereocenters. The number of imidazole rings is 1. The molecule has 10 nitrogen and oxygen atoms in total. The SMILES string of the molecule is Cc1ccn2c(C(=O)Nc3cc(-c4noc(CC[C@@](C)(OC(=O)[C@H](N)C(C)C)C(F)(F)F)n4)ccc3C)cnc2c1. The van der Waals surface area contributed by atoms with Gasteiger partial charge in [0.05, 0.1) is 6.20 Å². The maximum absolute atomic E-state index is 13.9. The molecule has 13 heteroatoms. The number of hydrogen-bond donors (Lipinski definition) is 2. The number of nitrogens with zero attached hydrogens (tertiary/aromatic N) is 4. The number of pyridine rings is 1. The van der Waals surface area contributed by atoms with Gasteiger partial charge in [-0.15, -0.1) is 0 Å². The first-order chi connectivity index (χ1) is 19.2. The van der Waals surface area contributed by atoms with Gasteiger partial charge in [0, 0.05) is 30.3 Å². The van der Waals surface area contributed by atoms with Crippen molar-refractivity contribution < 1.29 is 32.0 Å². The molecule has 3 N–H and O–H groups in total. The summed E-state index contributed by atoms with van der Waals surface area (Å²) in [7, 11) is 0. The van der Waals surface area contributed by atoms with Crippen molar-refractivity contribution >= 4 is 23.2 Å². The lowest BCUT2D eigenvalue weighted by atomic mass is 9.98. The number of hydrogen-bond acceptors (Lipinski definition) is 8. The molecule has 0 saturated heterocycles. The van der Waals surface area contributed by atoms with E-state index in [-0.39, 0.29) is 24.0 Å². The predicted octanol–water partition coefficient (Wildman–Crippen LogP) is 5.03. The molecule has 0 saturated carbocycles. The number of anilines is 1. The average Bonchev–Trinajstić information content (AvgIpc) is 3.54. The molecule has 1 aromatic carbocycles. The van der Waals surface area contributed by atoms with E-state index in [0.29, 0.717) is 22.6 Å². The lowest BCUT2D eigenvalue weighted by molar-refractivity contribution is -0.266. The number of rotatable bonds is 9. The van der Waals surface area contributed by atoms with Crippen molar-refractivity contribution in [2.75, 3.05) is 5.32 Å². The van der Waals surface area contributed by atoms with Crippen LogP contribution in [0.15, 0.2) is 47.2 Å². The summed E-state index contributed by atoms with van der Waals surface area (Å²) in [4.78, 5) is 33.7. The minimum atomic E-state index is -4.86. The Morgan fingerprint density at radius 1 is 1.17 bits per heavy atom. The normalized spacial score (nSPS) is 14.2. The first-order valence-corrected chi connectivity index (χ1v) is 12.9. The molecule has 1 amide bonds. The summed E-state index contributed by atoms with van der Waals surface area (Å²) >= 11 is 0. The Labute approximate surface area is 234 Å². The second-order valence-corrected chi connectivity index (χ2v) is 10.5. The third kappa shape index (κ3) is 6.40. The Morgan fingerprint density at radius 3 is 2.59 bits per heavy atom. The zero-order chi connectivity index (χ0) is 30.1. The van der Waals surface area contributed by atoms with E-state index in [1.165, 1.54) is 6.20 Å². The molecule has 0 aliphatic carbocycles. The second-order valence-electron chi connectivity index (χ2n) is 10.5. The summed E-state index contributed by atoms with van der Waals surface area (Å²) in [6.45, 7) is 7.75. The Hall–Kier alpha value is -4.26. The smallest absolute Gasteiger partial charge is 0.428 e. The number of carbonyl (C=O) groups is 2. The summed E-state index contributed by atoms with van der Waals surface area (Å²) in [6, 6.07) is 7.62. The fraction of sp³-hybridized carbons (Fsp3) is 0.393. The van der Waals surface area contributed by atoms with Crippen LogP contribution in [0.25, 0.3) is 17.0 Å². The maximum Gasteiger partial charge on any atom is 0.428 e. The molecule has 3 aromatic heterocycles. The molecule has 0 spiro atoms. The summed E-state index contributed by atoms with van der Waals surface area (Å²) in [6.07, 6.45) is -2.57. The molecule has 0 bridgehead atoms. The Bertz CT molecular complexity index is 1580. The summed E-state index contributed by atoms with van der Waals surface area (Å²) in [5, 5.41) is 6.75. The predicted molar refractivity (Wildman–Crippen MR) is 144 cm³/mol. The largest absolute Gasteiger partial charge is 0.448 e. The van der Waals surface area contributed by atoms with E-state index < -0.39 is 36.1 Å². The molecule has 4 rings (SSSR count). The van der Waals surface area contributed by atoms with E-state index in [2.05, 4.69) is 20.4 Å². The van der Waals surface area contributed by atoms with Gasteiger partial charge in [0.2, 0.25) is 17.3 Å². The zero-order valence-corrected chi connectivity index (χ0v) is 23.2. The number of fused-ring (bicyclic) bond motifs is 1. The first kappa shape index (κ1) is 29.7. The fourth-order valence-corrected chi connectivity index (χ4v) is 3.96. The molecule has 41 heavy (non-hydrogen) atoms. The molecule has 0 fully saturated rings. The highest BCUT2D eigenvalue weighted by atomic mass is 19.4. The van der Waals surface area contributed by atoms with Crippen LogP contribution in [0, 0.1) is 19.8 Å². The van der Waals surface area contributed by atoms with Gasteiger partial charge in [-0.25, -0.2) is 4.98 Å². The standard InChI is InChI=1S/C28H31F3N6O4/c1-15(2)23(32)26(39)40-27(5,28(29,30)31)10-8-22-35-24(36-41-22)18-7-6-17(4)19(13-18)34-25(38)20-14-33-21-12-16(3)9-11-37(20)21/h6-7,9,11-15,23H,8,10,32H2,1-5H3,(H,34,38)/t23-,27-/m1/s1. The molecule has 0 aliphatic rings. The maximum atomic E-state index is 13.9. The highest BCUT2D eigenvalue weighted by Crippen LogP contribution is 2.37. The zero-order valence-electron chi connectivity index (χ0n) is 23.2. The van der Waals surface area contributed by atoms with Crippen LogP contribution < -0.4 is 11.1 Å². The van der Waals surface area contributed by atoms with Crippen molar-refractivity contribution in [1.29, 1.82) is 0 Å². The number of carbonyl (C=O) groups excluding carboxylic acids is 2. The van der Waals surface area contributed by atoms with Crippen molar-refractivity contribution in [3.63, 3.8) is 0 Å². The number of alkyl halides is 3. The van der Waals surface area contributed by atoms with E-state index in [1.807, 2.05) is 26.0 Å². The van der Waals surface area contributed by atoms with Crippen LogP contribution in [0.4, 0.5) is 18.9 Å². The third-order valence-electron chi connectivity index (χ3n) is 6.85. The highest BCUT2D eigenvalue weighted by Gasteiger charge is 2.54. The van der Waals surface area contributed by atoms with Gasteiger partial charge < -0.3 is 20.3 Å². The van der Waals surface area contributed by atoms with Crippen LogP contribution in [0.5, 0.6) is 0 Å². The highest BCUT2D eigenvalue weighted by molar-refractivity contribution is 6.04. The number of aromatic nitrogens is 4. The lowest BCUT2D eigenvalue weighted by Crippen LogP contribution is -2.50. The molecule has 3 heterocycles. The van der Waals surface area contributed by atoms with Gasteiger partial charge >= 0.3 is 12.1 Å². The van der Waals surface area contributed by atoms with Gasteiger partial charge in [-0.05, 0) is 56.0 Å². The molecule has 0 aliphatic heterocycles. The minimum Gasteiger partial charge on any atom is -0.448 e. The summed E-state index contributed by atoms with van der Waals surface area (Å²) in [5.41, 5.74) is 6.59. The lowest BCUT2D eigenvalue weighted by Gasteiger charge is -2.32. The molecular weight excluding hydrogens is 541 g/mol. The molecule has 0 radical (unpaired) electrons. The van der Waals surface area contributed by atoms with Crippen LogP contribution in [0.3, 0.4) is 0 Å². The van der Waals surface area contributed by atoms with Crippen LogP contribution in [0.1, 0.15) is 54.7 Å². The summed E-state index contributed by atoms with van der Waals surface area (Å²) < 4.78 is 53.3. The average molecular weight is 573 g/mol. The van der Waals surface area contributed by atoms with Crippen molar-refractivity contribution in [1.82, 2.24) is 19.5 Å².